The standard InChI is InChI=1S/C17H19BrF2N2O3S/c1-9(10-2-3-10)22-8-11-4-12(18)5-14(15(11)16(22)23)26(24,25)21-13-6-17(19,20)7-13/h4-5,9-10,13,21H,2-3,6-8H2,1H3. The molecule has 1 heterocycles. The Bertz CT molecular complexity index is 878. The van der Waals surface area contributed by atoms with E-state index in [2.05, 4.69) is 20.7 Å². The van der Waals surface area contributed by atoms with Gasteiger partial charge in [0.15, 0.2) is 0 Å². The molecule has 5 nitrogen and oxygen atoms in total. The Balaban J connectivity index is 1.65. The summed E-state index contributed by atoms with van der Waals surface area (Å²) < 4.78 is 54.5. The smallest absolute Gasteiger partial charge is 0.256 e. The van der Waals surface area contributed by atoms with Crippen molar-refractivity contribution in [2.24, 2.45) is 5.92 Å². The molecule has 1 amide bonds. The van der Waals surface area contributed by atoms with Crippen molar-refractivity contribution < 1.29 is 22.0 Å². The largest absolute Gasteiger partial charge is 0.331 e. The van der Waals surface area contributed by atoms with Crippen LogP contribution in [0.4, 0.5) is 8.78 Å². The third-order valence-electron chi connectivity index (χ3n) is 5.46. The molecular weight excluding hydrogens is 430 g/mol. The lowest BCUT2D eigenvalue weighted by Gasteiger charge is -2.35. The van der Waals surface area contributed by atoms with Crippen LogP contribution in [-0.2, 0) is 16.6 Å². The third-order valence-corrected chi connectivity index (χ3v) is 7.46. The van der Waals surface area contributed by atoms with E-state index in [0.717, 1.165) is 12.8 Å². The highest BCUT2D eigenvalue weighted by atomic mass is 79.9. The first-order valence-electron chi connectivity index (χ1n) is 8.61. The van der Waals surface area contributed by atoms with Gasteiger partial charge in [-0.15, -0.1) is 0 Å². The van der Waals surface area contributed by atoms with Crippen LogP contribution in [0.15, 0.2) is 21.5 Å². The summed E-state index contributed by atoms with van der Waals surface area (Å²) in [6, 6.07) is 2.38. The number of hydrogen-bond donors (Lipinski definition) is 1. The van der Waals surface area contributed by atoms with E-state index in [4.69, 9.17) is 0 Å². The van der Waals surface area contributed by atoms with Crippen LogP contribution in [0.1, 0.15) is 48.5 Å². The number of benzene rings is 1. The van der Waals surface area contributed by atoms with E-state index in [1.807, 2.05) is 6.92 Å². The second kappa shape index (κ2) is 5.97. The number of alkyl halides is 2. The number of nitrogens with zero attached hydrogens (tertiary/aromatic N) is 1. The highest BCUT2D eigenvalue weighted by molar-refractivity contribution is 9.10. The van der Waals surface area contributed by atoms with E-state index >= 15 is 0 Å². The van der Waals surface area contributed by atoms with Crippen LogP contribution in [0.2, 0.25) is 0 Å². The minimum absolute atomic E-state index is 0.0579. The Morgan fingerprint density at radius 1 is 1.31 bits per heavy atom. The van der Waals surface area contributed by atoms with Crippen molar-refractivity contribution in [3.63, 3.8) is 0 Å². The van der Waals surface area contributed by atoms with Gasteiger partial charge in [0.05, 0.1) is 10.5 Å². The Labute approximate surface area is 159 Å². The molecule has 2 aliphatic carbocycles. The molecule has 1 aliphatic heterocycles. The van der Waals surface area contributed by atoms with E-state index < -0.39 is 34.8 Å². The van der Waals surface area contributed by atoms with E-state index in [0.29, 0.717) is 22.5 Å². The SMILES string of the molecule is CC(C1CC1)N1Cc2cc(Br)cc(S(=O)(=O)NC3CC(F)(F)C3)c2C1=O. The fraction of sp³-hybridized carbons (Fsp3) is 0.588. The number of carbonyl (C=O) groups excluding carboxylic acids is 1. The van der Waals surface area contributed by atoms with Gasteiger partial charge in [-0.05, 0) is 43.4 Å². The molecule has 0 radical (unpaired) electrons. The molecule has 0 aromatic heterocycles. The van der Waals surface area contributed by atoms with Gasteiger partial charge < -0.3 is 4.90 Å². The van der Waals surface area contributed by atoms with Gasteiger partial charge in [-0.2, -0.15) is 0 Å². The second-order valence-electron chi connectivity index (χ2n) is 7.53. The van der Waals surface area contributed by atoms with E-state index in [1.54, 1.807) is 11.0 Å². The van der Waals surface area contributed by atoms with Crippen molar-refractivity contribution in [1.29, 1.82) is 0 Å². The summed E-state index contributed by atoms with van der Waals surface area (Å²) >= 11 is 3.30. The minimum atomic E-state index is -4.07. The molecule has 0 spiro atoms. The maximum Gasteiger partial charge on any atom is 0.256 e. The van der Waals surface area contributed by atoms with Crippen molar-refractivity contribution >= 4 is 31.9 Å². The number of carbonyl (C=O) groups is 1. The van der Waals surface area contributed by atoms with Gasteiger partial charge in [0.2, 0.25) is 10.0 Å². The van der Waals surface area contributed by atoms with Gasteiger partial charge in [-0.3, -0.25) is 4.79 Å². The molecule has 1 N–H and O–H groups in total. The summed E-state index contributed by atoms with van der Waals surface area (Å²) in [6.07, 6.45) is 1.13. The molecule has 1 aromatic carbocycles. The van der Waals surface area contributed by atoms with E-state index in [1.165, 1.54) is 6.07 Å². The minimum Gasteiger partial charge on any atom is -0.331 e. The number of sulfonamides is 1. The number of rotatable bonds is 5. The Kier molecular flexibility index (Phi) is 4.20. The molecular formula is C17H19BrF2N2O3S. The number of nitrogens with one attached hydrogen (secondary N) is 1. The van der Waals surface area contributed by atoms with Gasteiger partial charge in [0.25, 0.3) is 11.8 Å². The molecule has 1 aromatic rings. The van der Waals surface area contributed by atoms with Gasteiger partial charge in [-0.25, -0.2) is 21.9 Å². The fourth-order valence-corrected chi connectivity index (χ4v) is 5.96. The lowest BCUT2D eigenvalue weighted by Crippen LogP contribution is -2.50. The first-order valence-corrected chi connectivity index (χ1v) is 10.9. The summed E-state index contributed by atoms with van der Waals surface area (Å²) in [6.45, 7) is 2.36. The van der Waals surface area contributed by atoms with Crippen LogP contribution in [0.25, 0.3) is 0 Å². The maximum atomic E-state index is 13.0. The third kappa shape index (κ3) is 3.18. The monoisotopic (exact) mass is 448 g/mol. The zero-order chi connectivity index (χ0) is 18.9. The molecule has 0 bridgehead atoms. The molecule has 1 atom stereocenters. The molecule has 9 heteroatoms. The lowest BCUT2D eigenvalue weighted by molar-refractivity contribution is -0.0876. The van der Waals surface area contributed by atoms with Crippen molar-refractivity contribution in [3.05, 3.63) is 27.7 Å². The van der Waals surface area contributed by atoms with Crippen LogP contribution in [0.3, 0.4) is 0 Å². The fourth-order valence-electron chi connectivity index (χ4n) is 3.80. The predicted molar refractivity (Wildman–Crippen MR) is 94.5 cm³/mol. The molecule has 142 valence electrons. The molecule has 3 aliphatic rings. The topological polar surface area (TPSA) is 66.5 Å². The average molecular weight is 449 g/mol. The number of halogens is 3. The number of fused-ring (bicyclic) bond motifs is 1. The summed E-state index contributed by atoms with van der Waals surface area (Å²) in [5, 5.41) is 0. The van der Waals surface area contributed by atoms with Gasteiger partial charge in [0, 0.05) is 35.9 Å². The number of hydrogen-bond acceptors (Lipinski definition) is 3. The highest BCUT2D eigenvalue weighted by Gasteiger charge is 2.48. The zero-order valence-corrected chi connectivity index (χ0v) is 16.5. The molecule has 2 fully saturated rings. The average Bonchev–Trinajstić information content (AvgIpc) is 3.29. The van der Waals surface area contributed by atoms with Crippen LogP contribution >= 0.6 is 15.9 Å². The normalized spacial score (nSPS) is 23.7. The lowest BCUT2D eigenvalue weighted by atomic mass is 9.89. The zero-order valence-electron chi connectivity index (χ0n) is 14.1. The van der Waals surface area contributed by atoms with E-state index in [9.17, 15) is 22.0 Å². The van der Waals surface area contributed by atoms with Gasteiger partial charge in [0.1, 0.15) is 0 Å². The van der Waals surface area contributed by atoms with Crippen molar-refractivity contribution in [2.45, 2.75) is 62.1 Å². The molecule has 0 saturated heterocycles. The molecule has 26 heavy (non-hydrogen) atoms. The van der Waals surface area contributed by atoms with Crippen molar-refractivity contribution in [3.8, 4) is 0 Å². The summed E-state index contributed by atoms with van der Waals surface area (Å²) in [5.41, 5.74) is 0.815. The van der Waals surface area contributed by atoms with Crippen LogP contribution < -0.4 is 4.72 Å². The second-order valence-corrected chi connectivity index (χ2v) is 10.1. The van der Waals surface area contributed by atoms with E-state index in [-0.39, 0.29) is 22.4 Å². The Hall–Kier alpha value is -1.06. The van der Waals surface area contributed by atoms with Crippen molar-refractivity contribution in [1.82, 2.24) is 9.62 Å². The Morgan fingerprint density at radius 2 is 1.96 bits per heavy atom. The molecule has 4 rings (SSSR count). The quantitative estimate of drug-likeness (QED) is 0.751. The number of amides is 1. The summed E-state index contributed by atoms with van der Waals surface area (Å²) in [4.78, 5) is 14.5. The van der Waals surface area contributed by atoms with Gasteiger partial charge >= 0.3 is 0 Å². The maximum absolute atomic E-state index is 13.0. The summed E-state index contributed by atoms with van der Waals surface area (Å²) in [5.74, 6) is -2.66. The van der Waals surface area contributed by atoms with Crippen LogP contribution in [0, 0.1) is 5.92 Å². The summed E-state index contributed by atoms with van der Waals surface area (Å²) in [7, 11) is -4.07. The highest BCUT2D eigenvalue weighted by Crippen LogP contribution is 2.41. The molecule has 1 unspecified atom stereocenters. The van der Waals surface area contributed by atoms with Gasteiger partial charge in [-0.1, -0.05) is 15.9 Å². The predicted octanol–water partition coefficient (Wildman–Crippen LogP) is 3.28. The van der Waals surface area contributed by atoms with Crippen LogP contribution in [0.5, 0.6) is 0 Å². The Morgan fingerprint density at radius 3 is 2.54 bits per heavy atom. The first-order chi connectivity index (χ1) is 12.1. The molecule has 2 saturated carbocycles. The van der Waals surface area contributed by atoms with Crippen molar-refractivity contribution in [2.75, 3.05) is 0 Å². The van der Waals surface area contributed by atoms with Crippen LogP contribution in [-0.4, -0.2) is 37.2 Å². The first kappa shape index (κ1) is 18.3.